The van der Waals surface area contributed by atoms with Crippen LogP contribution in [-0.2, 0) is 4.79 Å². The van der Waals surface area contributed by atoms with Gasteiger partial charge in [0.05, 0.1) is 19.8 Å². The molecule has 1 aliphatic rings. The second-order valence-corrected chi connectivity index (χ2v) is 4.80. The molecule has 0 bridgehead atoms. The first kappa shape index (κ1) is 14.0. The van der Waals surface area contributed by atoms with Crippen LogP contribution >= 0.6 is 0 Å². The van der Waals surface area contributed by atoms with Gasteiger partial charge >= 0.3 is 0 Å². The first-order chi connectivity index (χ1) is 10.7. The highest BCUT2D eigenvalue weighted by Crippen LogP contribution is 2.32. The van der Waals surface area contributed by atoms with Crippen LogP contribution in [0.3, 0.4) is 0 Å². The van der Waals surface area contributed by atoms with E-state index in [1.165, 1.54) is 0 Å². The van der Waals surface area contributed by atoms with Gasteiger partial charge in [-0.3, -0.25) is 4.79 Å². The van der Waals surface area contributed by atoms with Crippen molar-refractivity contribution in [2.75, 3.05) is 24.9 Å². The lowest BCUT2D eigenvalue weighted by Gasteiger charge is -2.08. The Hall–Kier alpha value is -2.95. The number of amides is 1. The van der Waals surface area contributed by atoms with Gasteiger partial charge in [-0.15, -0.1) is 0 Å². The fourth-order valence-electron chi connectivity index (χ4n) is 2.33. The zero-order chi connectivity index (χ0) is 15.5. The molecule has 112 valence electrons. The van der Waals surface area contributed by atoms with Crippen LogP contribution in [-0.4, -0.2) is 20.1 Å². The molecule has 0 aliphatic carbocycles. The molecule has 3 rings (SSSR count). The molecule has 2 aromatic rings. The summed E-state index contributed by atoms with van der Waals surface area (Å²) in [7, 11) is 3.19. The highest BCUT2D eigenvalue weighted by Gasteiger charge is 2.23. The number of benzene rings is 2. The topological polar surface area (TPSA) is 59.6 Å². The number of rotatable bonds is 4. The van der Waals surface area contributed by atoms with Crippen LogP contribution in [0.4, 0.5) is 11.4 Å². The Kier molecular flexibility index (Phi) is 3.70. The molecule has 0 fully saturated rings. The minimum atomic E-state index is -0.122. The zero-order valence-electron chi connectivity index (χ0n) is 12.3. The number of carbonyl (C=O) groups excluding carboxylic acids is 1. The molecular weight excluding hydrogens is 280 g/mol. The normalized spacial score (nSPS) is 14.5. The molecule has 0 aromatic heterocycles. The van der Waals surface area contributed by atoms with Crippen molar-refractivity contribution in [1.29, 1.82) is 0 Å². The summed E-state index contributed by atoms with van der Waals surface area (Å²) >= 11 is 0. The molecule has 22 heavy (non-hydrogen) atoms. The van der Waals surface area contributed by atoms with Gasteiger partial charge in [0.2, 0.25) is 0 Å². The number of carbonyl (C=O) groups is 1. The van der Waals surface area contributed by atoms with Gasteiger partial charge in [0.15, 0.2) is 0 Å². The SMILES string of the molecule is COc1cc(NC=C2C(=O)Nc3ccccc32)cc(OC)c1. The Labute approximate surface area is 128 Å². The van der Waals surface area contributed by atoms with Crippen LogP contribution in [0.1, 0.15) is 5.56 Å². The molecule has 0 saturated carbocycles. The Morgan fingerprint density at radius 3 is 2.41 bits per heavy atom. The van der Waals surface area contributed by atoms with E-state index in [0.29, 0.717) is 17.1 Å². The lowest BCUT2D eigenvalue weighted by molar-refractivity contribution is -0.110. The summed E-state index contributed by atoms with van der Waals surface area (Å²) in [6.07, 6.45) is 1.69. The minimum Gasteiger partial charge on any atom is -0.497 e. The first-order valence-electron chi connectivity index (χ1n) is 6.82. The summed E-state index contributed by atoms with van der Waals surface area (Å²) < 4.78 is 10.5. The van der Waals surface area contributed by atoms with Gasteiger partial charge in [-0.25, -0.2) is 0 Å². The fourth-order valence-corrected chi connectivity index (χ4v) is 2.33. The van der Waals surface area contributed by atoms with E-state index >= 15 is 0 Å². The lowest BCUT2D eigenvalue weighted by Crippen LogP contribution is -2.05. The number of nitrogens with one attached hydrogen (secondary N) is 2. The second kappa shape index (κ2) is 5.81. The summed E-state index contributed by atoms with van der Waals surface area (Å²) in [6.45, 7) is 0. The maximum absolute atomic E-state index is 12.0. The number of anilines is 2. The van der Waals surface area contributed by atoms with Gasteiger partial charge in [0.25, 0.3) is 5.91 Å². The van der Waals surface area contributed by atoms with Crippen LogP contribution in [0.5, 0.6) is 11.5 Å². The molecular formula is C17H16N2O3. The average molecular weight is 296 g/mol. The second-order valence-electron chi connectivity index (χ2n) is 4.80. The van der Waals surface area contributed by atoms with Gasteiger partial charge in [0.1, 0.15) is 11.5 Å². The average Bonchev–Trinajstić information content (AvgIpc) is 2.87. The van der Waals surface area contributed by atoms with Crippen molar-refractivity contribution in [2.45, 2.75) is 0 Å². The van der Waals surface area contributed by atoms with Crippen LogP contribution in [0.15, 0.2) is 48.7 Å². The number of para-hydroxylation sites is 1. The number of methoxy groups -OCH3 is 2. The number of hydrogen-bond acceptors (Lipinski definition) is 4. The van der Waals surface area contributed by atoms with E-state index in [1.54, 1.807) is 26.5 Å². The third-order valence-electron chi connectivity index (χ3n) is 3.44. The van der Waals surface area contributed by atoms with Crippen molar-refractivity contribution >= 4 is 22.9 Å². The molecule has 5 nitrogen and oxygen atoms in total. The third-order valence-corrected chi connectivity index (χ3v) is 3.44. The number of ether oxygens (including phenoxy) is 2. The predicted molar refractivity (Wildman–Crippen MR) is 86.2 cm³/mol. The summed E-state index contributed by atoms with van der Waals surface area (Å²) in [5, 5.41) is 5.96. The largest absolute Gasteiger partial charge is 0.497 e. The standard InChI is InChI=1S/C17H16N2O3/c1-21-12-7-11(8-13(9-12)22-2)18-10-15-14-5-3-4-6-16(14)19-17(15)20/h3-10,18H,1-2H3,(H,19,20). The van der Waals surface area contributed by atoms with Crippen molar-refractivity contribution in [3.8, 4) is 11.5 Å². The highest BCUT2D eigenvalue weighted by atomic mass is 16.5. The zero-order valence-corrected chi connectivity index (χ0v) is 12.3. The van der Waals surface area contributed by atoms with E-state index in [0.717, 1.165) is 16.9 Å². The van der Waals surface area contributed by atoms with E-state index < -0.39 is 0 Å². The van der Waals surface area contributed by atoms with Crippen LogP contribution < -0.4 is 20.1 Å². The van der Waals surface area contributed by atoms with E-state index in [1.807, 2.05) is 36.4 Å². The minimum absolute atomic E-state index is 0.122. The number of hydrogen-bond donors (Lipinski definition) is 2. The van der Waals surface area contributed by atoms with Gasteiger partial charge in [-0.1, -0.05) is 18.2 Å². The highest BCUT2D eigenvalue weighted by molar-refractivity contribution is 6.31. The Morgan fingerprint density at radius 1 is 1.05 bits per heavy atom. The van der Waals surface area contributed by atoms with Crippen molar-refractivity contribution in [2.24, 2.45) is 0 Å². The number of fused-ring (bicyclic) bond motifs is 1. The molecule has 0 saturated heterocycles. The Morgan fingerprint density at radius 2 is 1.73 bits per heavy atom. The molecule has 0 atom stereocenters. The van der Waals surface area contributed by atoms with Crippen LogP contribution in [0, 0.1) is 0 Å². The summed E-state index contributed by atoms with van der Waals surface area (Å²) in [4.78, 5) is 12.0. The molecule has 5 heteroatoms. The third kappa shape index (κ3) is 2.61. The van der Waals surface area contributed by atoms with E-state index in [9.17, 15) is 4.79 Å². The summed E-state index contributed by atoms with van der Waals surface area (Å²) in [5.41, 5.74) is 3.08. The Balaban J connectivity index is 1.90. The molecule has 1 aliphatic heterocycles. The monoisotopic (exact) mass is 296 g/mol. The molecule has 0 spiro atoms. The van der Waals surface area contributed by atoms with Crippen molar-refractivity contribution in [3.05, 3.63) is 54.2 Å². The predicted octanol–water partition coefficient (Wildman–Crippen LogP) is 3.11. The molecule has 2 aromatic carbocycles. The van der Waals surface area contributed by atoms with E-state index in [4.69, 9.17) is 9.47 Å². The van der Waals surface area contributed by atoms with Crippen molar-refractivity contribution in [1.82, 2.24) is 0 Å². The lowest BCUT2D eigenvalue weighted by atomic mass is 10.1. The quantitative estimate of drug-likeness (QED) is 0.851. The maximum Gasteiger partial charge on any atom is 0.257 e. The van der Waals surface area contributed by atoms with Gasteiger partial charge in [-0.2, -0.15) is 0 Å². The molecule has 0 radical (unpaired) electrons. The van der Waals surface area contributed by atoms with Crippen molar-refractivity contribution in [3.63, 3.8) is 0 Å². The van der Waals surface area contributed by atoms with E-state index in [2.05, 4.69) is 10.6 Å². The van der Waals surface area contributed by atoms with Crippen LogP contribution in [0.2, 0.25) is 0 Å². The first-order valence-corrected chi connectivity index (χ1v) is 6.82. The molecule has 0 unspecified atom stereocenters. The smallest absolute Gasteiger partial charge is 0.257 e. The molecule has 2 N–H and O–H groups in total. The summed E-state index contributed by atoms with van der Waals surface area (Å²) in [5.74, 6) is 1.23. The fraction of sp³-hybridized carbons (Fsp3) is 0.118. The molecule has 1 heterocycles. The van der Waals surface area contributed by atoms with Gasteiger partial charge < -0.3 is 20.1 Å². The van der Waals surface area contributed by atoms with Crippen LogP contribution in [0.25, 0.3) is 5.57 Å². The van der Waals surface area contributed by atoms with E-state index in [-0.39, 0.29) is 5.91 Å². The summed E-state index contributed by atoms with van der Waals surface area (Å²) in [6, 6.07) is 13.0. The molecule has 1 amide bonds. The Bertz CT molecular complexity index is 731. The maximum atomic E-state index is 12.0. The van der Waals surface area contributed by atoms with Gasteiger partial charge in [0, 0.05) is 41.3 Å². The van der Waals surface area contributed by atoms with Gasteiger partial charge in [-0.05, 0) is 6.07 Å². The van der Waals surface area contributed by atoms with Crippen molar-refractivity contribution < 1.29 is 14.3 Å².